The number of halogens is 1. The quantitative estimate of drug-likeness (QED) is 0.356. The van der Waals surface area contributed by atoms with Gasteiger partial charge in [0.15, 0.2) is 5.96 Å². The summed E-state index contributed by atoms with van der Waals surface area (Å²) >= 11 is 0. The number of nitrogens with zero attached hydrogens (tertiary/aromatic N) is 2. The summed E-state index contributed by atoms with van der Waals surface area (Å²) in [6.07, 6.45) is 6.63. The monoisotopic (exact) mass is 514 g/mol. The summed E-state index contributed by atoms with van der Waals surface area (Å²) in [7, 11) is 1.83. The third-order valence-electron chi connectivity index (χ3n) is 6.13. The van der Waals surface area contributed by atoms with E-state index in [-0.39, 0.29) is 35.5 Å². The molecule has 1 aliphatic carbocycles. The molecule has 0 aromatic heterocycles. The SMILES string of the molecule is CCOC(=O)N1CCC(NC(=NC)NCC2(c3ccccc3)CCCC2)CC1.I. The van der Waals surface area contributed by atoms with Crippen LogP contribution in [0.2, 0.25) is 0 Å². The minimum Gasteiger partial charge on any atom is -0.450 e. The predicted molar refractivity (Wildman–Crippen MR) is 128 cm³/mol. The van der Waals surface area contributed by atoms with Crippen molar-refractivity contribution < 1.29 is 9.53 Å². The van der Waals surface area contributed by atoms with E-state index in [1.54, 1.807) is 4.90 Å². The molecule has 29 heavy (non-hydrogen) atoms. The number of likely N-dealkylation sites (tertiary alicyclic amines) is 1. The molecule has 2 aliphatic rings. The van der Waals surface area contributed by atoms with Gasteiger partial charge in [-0.2, -0.15) is 0 Å². The van der Waals surface area contributed by atoms with Gasteiger partial charge >= 0.3 is 6.09 Å². The number of hydrogen-bond acceptors (Lipinski definition) is 3. The van der Waals surface area contributed by atoms with Crippen molar-refractivity contribution in [2.24, 2.45) is 4.99 Å². The highest BCUT2D eigenvalue weighted by atomic mass is 127. The van der Waals surface area contributed by atoms with E-state index in [0.29, 0.717) is 12.6 Å². The molecule has 2 N–H and O–H groups in total. The second-order valence-corrected chi connectivity index (χ2v) is 7.88. The number of hydrogen-bond donors (Lipinski definition) is 2. The highest BCUT2D eigenvalue weighted by Gasteiger charge is 2.35. The summed E-state index contributed by atoms with van der Waals surface area (Å²) in [4.78, 5) is 18.1. The molecule has 1 saturated carbocycles. The fraction of sp³-hybridized carbons (Fsp3) is 0.636. The van der Waals surface area contributed by atoms with Gasteiger partial charge in [0.05, 0.1) is 6.61 Å². The van der Waals surface area contributed by atoms with E-state index in [4.69, 9.17) is 4.74 Å². The lowest BCUT2D eigenvalue weighted by Crippen LogP contribution is -2.51. The van der Waals surface area contributed by atoms with Crippen molar-refractivity contribution >= 4 is 36.0 Å². The number of ether oxygens (including phenoxy) is 1. The highest BCUT2D eigenvalue weighted by molar-refractivity contribution is 14.0. The first-order chi connectivity index (χ1) is 13.7. The molecule has 7 heteroatoms. The van der Waals surface area contributed by atoms with Gasteiger partial charge in [0, 0.05) is 38.1 Å². The molecule has 1 amide bonds. The molecule has 0 bridgehead atoms. The van der Waals surface area contributed by atoms with Crippen LogP contribution in [0, 0.1) is 0 Å². The van der Waals surface area contributed by atoms with E-state index in [9.17, 15) is 4.79 Å². The first-order valence-corrected chi connectivity index (χ1v) is 10.6. The normalized spacial score (nSPS) is 19.4. The fourth-order valence-electron chi connectivity index (χ4n) is 4.47. The van der Waals surface area contributed by atoms with Crippen molar-refractivity contribution in [1.82, 2.24) is 15.5 Å². The van der Waals surface area contributed by atoms with Crippen molar-refractivity contribution in [3.05, 3.63) is 35.9 Å². The lowest BCUT2D eigenvalue weighted by Gasteiger charge is -2.34. The number of carbonyl (C=O) groups is 1. The maximum Gasteiger partial charge on any atom is 0.409 e. The third-order valence-corrected chi connectivity index (χ3v) is 6.13. The molecule has 1 aromatic rings. The Bertz CT molecular complexity index is 654. The highest BCUT2D eigenvalue weighted by Crippen LogP contribution is 2.40. The van der Waals surface area contributed by atoms with Gasteiger partial charge in [0.25, 0.3) is 0 Å². The number of nitrogens with one attached hydrogen (secondary N) is 2. The first-order valence-electron chi connectivity index (χ1n) is 10.6. The summed E-state index contributed by atoms with van der Waals surface area (Å²) in [5, 5.41) is 7.14. The number of rotatable bonds is 5. The zero-order chi connectivity index (χ0) is 19.8. The molecular formula is C22H35IN4O2. The van der Waals surface area contributed by atoms with E-state index in [1.165, 1.54) is 31.2 Å². The van der Waals surface area contributed by atoms with Crippen LogP contribution in [-0.2, 0) is 10.2 Å². The average Bonchev–Trinajstić information content (AvgIpc) is 3.22. The smallest absolute Gasteiger partial charge is 0.409 e. The molecule has 1 aromatic carbocycles. The number of benzene rings is 1. The summed E-state index contributed by atoms with van der Waals surface area (Å²) in [5.74, 6) is 0.858. The average molecular weight is 514 g/mol. The lowest BCUT2D eigenvalue weighted by molar-refractivity contribution is 0.0963. The van der Waals surface area contributed by atoms with Crippen molar-refractivity contribution in [3.63, 3.8) is 0 Å². The Labute approximate surface area is 191 Å². The molecule has 0 atom stereocenters. The van der Waals surface area contributed by atoms with Crippen LogP contribution in [0.1, 0.15) is 51.0 Å². The van der Waals surface area contributed by atoms with Gasteiger partial charge < -0.3 is 20.3 Å². The molecule has 162 valence electrons. The van der Waals surface area contributed by atoms with E-state index >= 15 is 0 Å². The van der Waals surface area contributed by atoms with Gasteiger partial charge in [0.2, 0.25) is 0 Å². The third kappa shape index (κ3) is 6.23. The minimum absolute atomic E-state index is 0. The topological polar surface area (TPSA) is 66.0 Å². The van der Waals surface area contributed by atoms with Crippen LogP contribution in [0.4, 0.5) is 4.79 Å². The van der Waals surface area contributed by atoms with E-state index in [2.05, 4.69) is 46.0 Å². The van der Waals surface area contributed by atoms with Gasteiger partial charge in [-0.25, -0.2) is 4.79 Å². The zero-order valence-electron chi connectivity index (χ0n) is 17.7. The maximum absolute atomic E-state index is 11.8. The van der Waals surface area contributed by atoms with E-state index < -0.39 is 0 Å². The Kier molecular flexibility index (Phi) is 9.52. The Hall–Kier alpha value is -1.51. The van der Waals surface area contributed by atoms with Crippen LogP contribution in [0.15, 0.2) is 35.3 Å². The Morgan fingerprint density at radius 3 is 2.45 bits per heavy atom. The number of aliphatic imine (C=N–C) groups is 1. The molecule has 0 unspecified atom stereocenters. The number of piperidine rings is 1. The van der Waals surface area contributed by atoms with Crippen molar-refractivity contribution in [2.45, 2.75) is 56.9 Å². The van der Waals surface area contributed by atoms with Crippen LogP contribution < -0.4 is 10.6 Å². The molecular weight excluding hydrogens is 479 g/mol. The molecule has 0 spiro atoms. The van der Waals surface area contributed by atoms with Crippen molar-refractivity contribution in [2.75, 3.05) is 33.3 Å². The zero-order valence-corrected chi connectivity index (χ0v) is 20.0. The van der Waals surface area contributed by atoms with Gasteiger partial charge in [0.1, 0.15) is 0 Å². The van der Waals surface area contributed by atoms with Crippen LogP contribution >= 0.6 is 24.0 Å². The fourth-order valence-corrected chi connectivity index (χ4v) is 4.47. The Balaban J connectivity index is 0.00000300. The second kappa shape index (κ2) is 11.6. The van der Waals surface area contributed by atoms with Gasteiger partial charge in [-0.05, 0) is 38.2 Å². The number of carbonyl (C=O) groups excluding carboxylic acids is 1. The van der Waals surface area contributed by atoms with Gasteiger partial charge in [-0.3, -0.25) is 4.99 Å². The van der Waals surface area contributed by atoms with Crippen LogP contribution in [0.5, 0.6) is 0 Å². The lowest BCUT2D eigenvalue weighted by atomic mass is 9.79. The number of guanidine groups is 1. The maximum atomic E-state index is 11.8. The minimum atomic E-state index is -0.200. The summed E-state index contributed by atoms with van der Waals surface area (Å²) in [5.41, 5.74) is 1.63. The molecule has 0 radical (unpaired) electrons. The molecule has 2 fully saturated rings. The van der Waals surface area contributed by atoms with Crippen LogP contribution in [-0.4, -0.2) is 56.3 Å². The molecule has 6 nitrogen and oxygen atoms in total. The van der Waals surface area contributed by atoms with E-state index in [0.717, 1.165) is 38.4 Å². The summed E-state index contributed by atoms with van der Waals surface area (Å²) in [6, 6.07) is 11.2. The molecule has 1 aliphatic heterocycles. The number of amides is 1. The van der Waals surface area contributed by atoms with Crippen molar-refractivity contribution in [1.29, 1.82) is 0 Å². The molecule has 1 heterocycles. The van der Waals surface area contributed by atoms with Crippen LogP contribution in [0.25, 0.3) is 0 Å². The second-order valence-electron chi connectivity index (χ2n) is 7.88. The van der Waals surface area contributed by atoms with E-state index in [1.807, 2.05) is 14.0 Å². The first kappa shape index (κ1) is 23.8. The Morgan fingerprint density at radius 2 is 1.86 bits per heavy atom. The standard InChI is InChI=1S/C22H34N4O2.HI/c1-3-28-21(27)26-15-11-19(12-16-26)25-20(23-2)24-17-22(13-7-8-14-22)18-9-5-4-6-10-18;/h4-6,9-10,19H,3,7-8,11-17H2,1-2H3,(H2,23,24,25);1H. The van der Waals surface area contributed by atoms with Crippen LogP contribution in [0.3, 0.4) is 0 Å². The Morgan fingerprint density at radius 1 is 1.21 bits per heavy atom. The summed E-state index contributed by atoms with van der Waals surface area (Å²) in [6.45, 7) is 4.62. The molecule has 1 saturated heterocycles. The summed E-state index contributed by atoms with van der Waals surface area (Å²) < 4.78 is 5.10. The van der Waals surface area contributed by atoms with Gasteiger partial charge in [-0.15, -0.1) is 24.0 Å². The predicted octanol–water partition coefficient (Wildman–Crippen LogP) is 3.90. The van der Waals surface area contributed by atoms with Crippen molar-refractivity contribution in [3.8, 4) is 0 Å². The molecule has 3 rings (SSSR count). The van der Waals surface area contributed by atoms with Gasteiger partial charge in [-0.1, -0.05) is 43.2 Å². The largest absolute Gasteiger partial charge is 0.450 e.